The van der Waals surface area contributed by atoms with Crippen LogP contribution in [0, 0.1) is 5.41 Å². The molecule has 0 saturated carbocycles. The molecule has 0 aliphatic carbocycles. The maximum atomic E-state index is 12.4. The van der Waals surface area contributed by atoms with Crippen LogP contribution in [0.2, 0.25) is 0 Å². The molecule has 0 aromatic heterocycles. The van der Waals surface area contributed by atoms with Gasteiger partial charge in [0.05, 0.1) is 0 Å². The highest BCUT2D eigenvalue weighted by molar-refractivity contribution is 7.80. The molecule has 1 saturated heterocycles. The summed E-state index contributed by atoms with van der Waals surface area (Å²) in [5.41, 5.74) is 0.801. The Kier molecular flexibility index (Phi) is 5.36. The second-order valence-electron chi connectivity index (χ2n) is 6.74. The molecule has 5 nitrogen and oxygen atoms in total. The summed E-state index contributed by atoms with van der Waals surface area (Å²) in [5.74, 6) is -0.116. The predicted octanol–water partition coefficient (Wildman–Crippen LogP) is 2.78. The van der Waals surface area contributed by atoms with Gasteiger partial charge in [-0.2, -0.15) is 0 Å². The number of hydrogen-bond donors (Lipinski definition) is 2. The van der Waals surface area contributed by atoms with Crippen molar-refractivity contribution in [2.75, 3.05) is 18.4 Å². The van der Waals surface area contributed by atoms with Crippen molar-refractivity contribution in [2.24, 2.45) is 5.41 Å². The number of carbonyl (C=O) groups excluding carboxylic acids is 2. The standard InChI is InChI=1S/C17H23N3O2S/c1-17(2,3)15(22)19-16(23)18-13-8-6-7-12(11-13)14(21)20-9-4-5-10-20/h6-8,11H,4-5,9-10H2,1-3H3,(H2,18,19,22,23). The number of benzene rings is 1. The van der Waals surface area contributed by atoms with Crippen LogP contribution in [0.25, 0.3) is 0 Å². The van der Waals surface area contributed by atoms with Crippen LogP contribution in [0.1, 0.15) is 44.0 Å². The normalized spacial score (nSPS) is 14.5. The van der Waals surface area contributed by atoms with Gasteiger partial charge < -0.3 is 15.5 Å². The number of nitrogens with one attached hydrogen (secondary N) is 2. The molecule has 0 spiro atoms. The third-order valence-corrected chi connectivity index (χ3v) is 3.87. The first kappa shape index (κ1) is 17.4. The lowest BCUT2D eigenvalue weighted by molar-refractivity contribution is -0.126. The molecule has 6 heteroatoms. The Hall–Kier alpha value is -1.95. The van der Waals surface area contributed by atoms with Crippen LogP contribution in [0.5, 0.6) is 0 Å². The quantitative estimate of drug-likeness (QED) is 0.817. The molecule has 0 unspecified atom stereocenters. The molecule has 1 aliphatic heterocycles. The van der Waals surface area contributed by atoms with E-state index in [0.717, 1.165) is 25.9 Å². The van der Waals surface area contributed by atoms with Crippen LogP contribution in [-0.2, 0) is 4.79 Å². The van der Waals surface area contributed by atoms with Gasteiger partial charge in [0.2, 0.25) is 5.91 Å². The molecule has 1 aliphatic rings. The van der Waals surface area contributed by atoms with E-state index in [1.54, 1.807) is 18.2 Å². The van der Waals surface area contributed by atoms with Crippen molar-refractivity contribution in [3.05, 3.63) is 29.8 Å². The van der Waals surface area contributed by atoms with Crippen molar-refractivity contribution in [3.63, 3.8) is 0 Å². The molecule has 2 N–H and O–H groups in total. The Morgan fingerprint density at radius 3 is 2.43 bits per heavy atom. The fraction of sp³-hybridized carbons (Fsp3) is 0.471. The van der Waals surface area contributed by atoms with E-state index in [-0.39, 0.29) is 16.9 Å². The molecule has 124 valence electrons. The van der Waals surface area contributed by atoms with E-state index < -0.39 is 5.41 Å². The molecule has 1 heterocycles. The molecule has 1 aromatic carbocycles. The lowest BCUT2D eigenvalue weighted by Gasteiger charge is -2.19. The smallest absolute Gasteiger partial charge is 0.253 e. The number of anilines is 1. The molecule has 23 heavy (non-hydrogen) atoms. The molecule has 1 aromatic rings. The van der Waals surface area contributed by atoms with Crippen molar-refractivity contribution in [3.8, 4) is 0 Å². The first-order valence-corrected chi connectivity index (χ1v) is 8.20. The van der Waals surface area contributed by atoms with Crippen molar-refractivity contribution in [1.82, 2.24) is 10.2 Å². The van der Waals surface area contributed by atoms with Crippen LogP contribution in [-0.4, -0.2) is 34.9 Å². The van der Waals surface area contributed by atoms with Gasteiger partial charge in [-0.1, -0.05) is 26.8 Å². The van der Waals surface area contributed by atoms with E-state index in [2.05, 4.69) is 10.6 Å². The molecule has 1 fully saturated rings. The number of rotatable bonds is 2. The number of hydrogen-bond acceptors (Lipinski definition) is 3. The molecule has 0 atom stereocenters. The summed E-state index contributed by atoms with van der Waals surface area (Å²) in [6.45, 7) is 7.09. The topological polar surface area (TPSA) is 61.4 Å². The number of amides is 2. The second-order valence-corrected chi connectivity index (χ2v) is 7.15. The summed E-state index contributed by atoms with van der Waals surface area (Å²) in [6.07, 6.45) is 2.12. The lowest BCUT2D eigenvalue weighted by Crippen LogP contribution is -2.41. The molecule has 2 amide bonds. The van der Waals surface area contributed by atoms with E-state index in [4.69, 9.17) is 12.2 Å². The predicted molar refractivity (Wildman–Crippen MR) is 95.4 cm³/mol. The summed E-state index contributed by atoms with van der Waals surface area (Å²) >= 11 is 5.16. The number of likely N-dealkylation sites (tertiary alicyclic amines) is 1. The first-order chi connectivity index (χ1) is 10.8. The van der Waals surface area contributed by atoms with Gasteiger partial charge in [0.25, 0.3) is 5.91 Å². The fourth-order valence-corrected chi connectivity index (χ4v) is 2.50. The van der Waals surface area contributed by atoms with Crippen LogP contribution >= 0.6 is 12.2 Å². The highest BCUT2D eigenvalue weighted by Gasteiger charge is 2.22. The van der Waals surface area contributed by atoms with Crippen LogP contribution in [0.3, 0.4) is 0 Å². The Morgan fingerprint density at radius 2 is 1.83 bits per heavy atom. The van der Waals surface area contributed by atoms with Crippen LogP contribution < -0.4 is 10.6 Å². The highest BCUT2D eigenvalue weighted by atomic mass is 32.1. The molecular formula is C17H23N3O2S. The minimum Gasteiger partial charge on any atom is -0.339 e. The van der Waals surface area contributed by atoms with Gasteiger partial charge in [0.15, 0.2) is 5.11 Å². The van der Waals surface area contributed by atoms with Gasteiger partial charge in [-0.25, -0.2) is 0 Å². The summed E-state index contributed by atoms with van der Waals surface area (Å²) in [7, 11) is 0. The van der Waals surface area contributed by atoms with E-state index in [1.807, 2.05) is 31.7 Å². The van der Waals surface area contributed by atoms with E-state index in [0.29, 0.717) is 11.3 Å². The fourth-order valence-electron chi connectivity index (χ4n) is 2.29. The average Bonchev–Trinajstić information content (AvgIpc) is 2.99. The molecule has 0 radical (unpaired) electrons. The van der Waals surface area contributed by atoms with Gasteiger partial charge in [0, 0.05) is 29.8 Å². The summed E-state index contributed by atoms with van der Waals surface area (Å²) in [6, 6.07) is 7.18. The first-order valence-electron chi connectivity index (χ1n) is 7.79. The number of carbonyl (C=O) groups is 2. The van der Waals surface area contributed by atoms with Crippen molar-refractivity contribution >= 4 is 34.8 Å². The average molecular weight is 333 g/mol. The third-order valence-electron chi connectivity index (χ3n) is 3.67. The third kappa shape index (κ3) is 4.76. The number of nitrogens with zero attached hydrogens (tertiary/aromatic N) is 1. The maximum absolute atomic E-state index is 12.4. The molecule has 0 bridgehead atoms. The summed E-state index contributed by atoms with van der Waals surface area (Å²) in [4.78, 5) is 26.2. The van der Waals surface area contributed by atoms with Gasteiger partial charge >= 0.3 is 0 Å². The zero-order valence-electron chi connectivity index (χ0n) is 13.8. The number of thiocarbonyl (C=S) groups is 1. The Labute approximate surface area is 142 Å². The van der Waals surface area contributed by atoms with Gasteiger partial charge in [-0.05, 0) is 43.3 Å². The maximum Gasteiger partial charge on any atom is 0.253 e. The Balaban J connectivity index is 2.01. The SMILES string of the molecule is CC(C)(C)C(=O)NC(=S)Nc1cccc(C(=O)N2CCCC2)c1. The monoisotopic (exact) mass is 333 g/mol. The zero-order chi connectivity index (χ0) is 17.0. The summed E-state index contributed by atoms with van der Waals surface area (Å²) in [5, 5.41) is 5.85. The van der Waals surface area contributed by atoms with Gasteiger partial charge in [0.1, 0.15) is 0 Å². The van der Waals surface area contributed by atoms with Crippen molar-refractivity contribution in [1.29, 1.82) is 0 Å². The van der Waals surface area contributed by atoms with Gasteiger partial charge in [-0.15, -0.1) is 0 Å². The molecule has 2 rings (SSSR count). The lowest BCUT2D eigenvalue weighted by atomic mass is 9.96. The zero-order valence-corrected chi connectivity index (χ0v) is 14.6. The van der Waals surface area contributed by atoms with Crippen LogP contribution in [0.15, 0.2) is 24.3 Å². The van der Waals surface area contributed by atoms with E-state index >= 15 is 0 Å². The Morgan fingerprint density at radius 1 is 1.17 bits per heavy atom. The van der Waals surface area contributed by atoms with Crippen LogP contribution in [0.4, 0.5) is 5.69 Å². The molecular weight excluding hydrogens is 310 g/mol. The minimum atomic E-state index is -0.515. The Bertz CT molecular complexity index is 617. The van der Waals surface area contributed by atoms with Crippen molar-refractivity contribution in [2.45, 2.75) is 33.6 Å². The van der Waals surface area contributed by atoms with E-state index in [1.165, 1.54) is 0 Å². The largest absolute Gasteiger partial charge is 0.339 e. The van der Waals surface area contributed by atoms with E-state index in [9.17, 15) is 9.59 Å². The minimum absolute atomic E-state index is 0.0378. The van der Waals surface area contributed by atoms with Gasteiger partial charge in [-0.3, -0.25) is 9.59 Å². The van der Waals surface area contributed by atoms with Crippen molar-refractivity contribution < 1.29 is 9.59 Å². The highest BCUT2D eigenvalue weighted by Crippen LogP contribution is 2.17. The second kappa shape index (κ2) is 7.08. The summed E-state index contributed by atoms with van der Waals surface area (Å²) < 4.78 is 0.